The molecule has 1 aliphatic rings. The predicted octanol–water partition coefficient (Wildman–Crippen LogP) is 5.08. The molecule has 0 N–H and O–H groups in total. The minimum Gasteiger partial charge on any atom is -0.461 e. The Labute approximate surface area is 134 Å². The van der Waals surface area contributed by atoms with Gasteiger partial charge < -0.3 is 4.74 Å². The van der Waals surface area contributed by atoms with Gasteiger partial charge in [0.15, 0.2) is 0 Å². The van der Waals surface area contributed by atoms with E-state index in [2.05, 4.69) is 30.8 Å². The molecular weight excluding hydrogens is 272 g/mol. The van der Waals surface area contributed by atoms with Crippen molar-refractivity contribution < 1.29 is 9.53 Å². The lowest BCUT2D eigenvalue weighted by Crippen LogP contribution is -2.45. The van der Waals surface area contributed by atoms with Crippen LogP contribution in [0, 0.1) is 5.92 Å². The van der Waals surface area contributed by atoms with E-state index in [-0.39, 0.29) is 18.0 Å². The number of ether oxygens (including phenoxy) is 1. The molecular formula is C20H28O2. The molecule has 120 valence electrons. The van der Waals surface area contributed by atoms with Crippen LogP contribution in [0.2, 0.25) is 0 Å². The van der Waals surface area contributed by atoms with Crippen LogP contribution in [0.4, 0.5) is 0 Å². The van der Waals surface area contributed by atoms with Crippen molar-refractivity contribution in [2.75, 3.05) is 0 Å². The number of hydrogen-bond acceptors (Lipinski definition) is 2. The third-order valence-electron chi connectivity index (χ3n) is 4.50. The van der Waals surface area contributed by atoms with Gasteiger partial charge >= 0.3 is 5.97 Å². The maximum Gasteiger partial charge on any atom is 0.313 e. The summed E-state index contributed by atoms with van der Waals surface area (Å²) in [6, 6.07) is 10.4. The fourth-order valence-electron chi connectivity index (χ4n) is 3.10. The lowest BCUT2D eigenvalue weighted by Gasteiger charge is -2.35. The highest BCUT2D eigenvalue weighted by Gasteiger charge is 2.40. The van der Waals surface area contributed by atoms with Crippen molar-refractivity contribution >= 4 is 5.97 Å². The average Bonchev–Trinajstić information content (AvgIpc) is 2.54. The molecule has 2 atom stereocenters. The van der Waals surface area contributed by atoms with Crippen molar-refractivity contribution in [1.29, 1.82) is 0 Å². The summed E-state index contributed by atoms with van der Waals surface area (Å²) in [5, 5.41) is 0. The van der Waals surface area contributed by atoms with E-state index in [4.69, 9.17) is 4.74 Å². The lowest BCUT2D eigenvalue weighted by molar-refractivity contribution is -0.185. The van der Waals surface area contributed by atoms with E-state index < -0.39 is 0 Å². The van der Waals surface area contributed by atoms with Gasteiger partial charge in [-0.3, -0.25) is 4.79 Å². The maximum absolute atomic E-state index is 11.6. The molecule has 2 nitrogen and oxygen atoms in total. The topological polar surface area (TPSA) is 26.3 Å². The molecule has 22 heavy (non-hydrogen) atoms. The Balaban J connectivity index is 1.59. The highest BCUT2D eigenvalue weighted by molar-refractivity contribution is 5.78. The van der Waals surface area contributed by atoms with Crippen LogP contribution in [0.5, 0.6) is 0 Å². The van der Waals surface area contributed by atoms with Gasteiger partial charge in [0.1, 0.15) is 6.10 Å². The normalized spacial score (nSPS) is 20.3. The Morgan fingerprint density at radius 3 is 2.45 bits per heavy atom. The van der Waals surface area contributed by atoms with Crippen LogP contribution in [0.3, 0.4) is 0 Å². The van der Waals surface area contributed by atoms with Crippen molar-refractivity contribution in [3.05, 3.63) is 48.6 Å². The highest BCUT2D eigenvalue weighted by Crippen LogP contribution is 2.31. The molecule has 2 rings (SSSR count). The lowest BCUT2D eigenvalue weighted by atomic mass is 9.87. The summed E-state index contributed by atoms with van der Waals surface area (Å²) in [6.07, 6.45) is 12.4. The first-order valence-electron chi connectivity index (χ1n) is 8.66. The summed E-state index contributed by atoms with van der Waals surface area (Å²) < 4.78 is 5.33. The Morgan fingerprint density at radius 1 is 1.00 bits per heavy atom. The van der Waals surface area contributed by atoms with Crippen LogP contribution < -0.4 is 0 Å². The SMILES string of the molecule is C=CCCCCCCC[C@H]1C(=O)O[C@@H]1CCc1ccccc1. The van der Waals surface area contributed by atoms with Gasteiger partial charge in [0.25, 0.3) is 0 Å². The first-order valence-corrected chi connectivity index (χ1v) is 8.66. The van der Waals surface area contributed by atoms with Crippen LogP contribution in [0.25, 0.3) is 0 Å². The number of allylic oxidation sites excluding steroid dienone is 1. The maximum atomic E-state index is 11.6. The molecule has 0 unspecified atom stereocenters. The van der Waals surface area contributed by atoms with Gasteiger partial charge in [-0.2, -0.15) is 0 Å². The summed E-state index contributed by atoms with van der Waals surface area (Å²) in [4.78, 5) is 11.6. The van der Waals surface area contributed by atoms with Gasteiger partial charge in [0, 0.05) is 0 Å². The smallest absolute Gasteiger partial charge is 0.313 e. The monoisotopic (exact) mass is 300 g/mol. The van der Waals surface area contributed by atoms with Gasteiger partial charge in [0.05, 0.1) is 5.92 Å². The van der Waals surface area contributed by atoms with Gasteiger partial charge in [0.2, 0.25) is 0 Å². The van der Waals surface area contributed by atoms with Crippen molar-refractivity contribution in [2.45, 2.75) is 63.9 Å². The number of carbonyl (C=O) groups excluding carboxylic acids is 1. The van der Waals surface area contributed by atoms with Crippen LogP contribution in [-0.2, 0) is 16.0 Å². The quantitative estimate of drug-likeness (QED) is 0.324. The van der Waals surface area contributed by atoms with Gasteiger partial charge in [-0.15, -0.1) is 6.58 Å². The number of hydrogen-bond donors (Lipinski definition) is 0. The largest absolute Gasteiger partial charge is 0.461 e. The summed E-state index contributed by atoms with van der Waals surface area (Å²) in [5.41, 5.74) is 1.33. The number of unbranched alkanes of at least 4 members (excludes halogenated alkanes) is 5. The first-order chi connectivity index (χ1) is 10.8. The second-order valence-corrected chi connectivity index (χ2v) is 6.24. The van der Waals surface area contributed by atoms with Crippen LogP contribution >= 0.6 is 0 Å². The molecule has 1 aromatic rings. The summed E-state index contributed by atoms with van der Waals surface area (Å²) in [7, 11) is 0. The fourth-order valence-corrected chi connectivity index (χ4v) is 3.10. The summed E-state index contributed by atoms with van der Waals surface area (Å²) in [6.45, 7) is 3.74. The van der Waals surface area contributed by atoms with Gasteiger partial charge in [-0.25, -0.2) is 0 Å². The zero-order chi connectivity index (χ0) is 15.6. The summed E-state index contributed by atoms with van der Waals surface area (Å²) in [5.74, 6) is 0.168. The molecule has 0 radical (unpaired) electrons. The van der Waals surface area contributed by atoms with Crippen LogP contribution in [0.1, 0.15) is 56.9 Å². The van der Waals surface area contributed by atoms with Crippen LogP contribution in [0.15, 0.2) is 43.0 Å². The first kappa shape index (κ1) is 16.8. The zero-order valence-electron chi connectivity index (χ0n) is 13.5. The Kier molecular flexibility index (Phi) is 7.21. The second-order valence-electron chi connectivity index (χ2n) is 6.24. The number of aryl methyl sites for hydroxylation is 1. The summed E-state index contributed by atoms with van der Waals surface area (Å²) >= 11 is 0. The minimum atomic E-state index is 0.0183. The molecule has 0 spiro atoms. The van der Waals surface area contributed by atoms with E-state index >= 15 is 0 Å². The minimum absolute atomic E-state index is 0.0183. The predicted molar refractivity (Wildman–Crippen MR) is 90.6 cm³/mol. The number of cyclic esters (lactones) is 1. The van der Waals surface area contributed by atoms with E-state index in [0.29, 0.717) is 0 Å². The van der Waals surface area contributed by atoms with Gasteiger partial charge in [-0.05, 0) is 37.7 Å². The van der Waals surface area contributed by atoms with E-state index in [1.165, 1.54) is 31.2 Å². The molecule has 0 saturated carbocycles. The highest BCUT2D eigenvalue weighted by atomic mass is 16.6. The zero-order valence-corrected chi connectivity index (χ0v) is 13.5. The molecule has 1 aromatic carbocycles. The molecule has 0 aliphatic carbocycles. The van der Waals surface area contributed by atoms with E-state index in [1.807, 2.05) is 12.1 Å². The Hall–Kier alpha value is -1.57. The Bertz CT molecular complexity index is 452. The number of benzene rings is 1. The average molecular weight is 300 g/mol. The van der Waals surface area contributed by atoms with E-state index in [1.54, 1.807) is 0 Å². The van der Waals surface area contributed by atoms with Crippen molar-refractivity contribution in [3.63, 3.8) is 0 Å². The second kappa shape index (κ2) is 9.45. The third-order valence-corrected chi connectivity index (χ3v) is 4.50. The number of esters is 1. The molecule has 0 amide bonds. The van der Waals surface area contributed by atoms with Crippen molar-refractivity contribution in [2.24, 2.45) is 5.92 Å². The molecule has 1 aliphatic heterocycles. The molecule has 1 fully saturated rings. The van der Waals surface area contributed by atoms with Crippen molar-refractivity contribution in [1.82, 2.24) is 0 Å². The van der Waals surface area contributed by atoms with E-state index in [9.17, 15) is 4.79 Å². The molecule has 0 bridgehead atoms. The standard InChI is InChI=1S/C20H28O2/c1-2-3-4-5-6-7-11-14-18-19(22-20(18)21)16-15-17-12-9-8-10-13-17/h2,8-10,12-13,18-19H,1,3-7,11,14-16H2/t18-,19-/m1/s1. The molecule has 0 aromatic heterocycles. The number of carbonyl (C=O) groups is 1. The fraction of sp³-hybridized carbons (Fsp3) is 0.550. The Morgan fingerprint density at radius 2 is 1.73 bits per heavy atom. The molecule has 2 heteroatoms. The molecule has 1 saturated heterocycles. The number of rotatable bonds is 11. The van der Waals surface area contributed by atoms with Crippen LogP contribution in [-0.4, -0.2) is 12.1 Å². The van der Waals surface area contributed by atoms with Crippen molar-refractivity contribution in [3.8, 4) is 0 Å². The third kappa shape index (κ3) is 5.32. The van der Waals surface area contributed by atoms with E-state index in [0.717, 1.165) is 32.1 Å². The van der Waals surface area contributed by atoms with Gasteiger partial charge in [-0.1, -0.05) is 62.1 Å². The molecule has 1 heterocycles.